The van der Waals surface area contributed by atoms with Crippen molar-refractivity contribution in [1.29, 1.82) is 0 Å². The molecule has 23 heavy (non-hydrogen) atoms. The van der Waals surface area contributed by atoms with E-state index in [2.05, 4.69) is 19.2 Å². The summed E-state index contributed by atoms with van der Waals surface area (Å²) < 4.78 is 11.5. The van der Waals surface area contributed by atoms with Gasteiger partial charge in [0.05, 0.1) is 6.61 Å². The zero-order valence-electron chi connectivity index (χ0n) is 14.9. The van der Waals surface area contributed by atoms with Crippen molar-refractivity contribution in [2.24, 2.45) is 11.8 Å². The summed E-state index contributed by atoms with van der Waals surface area (Å²) in [7, 11) is 0. The van der Waals surface area contributed by atoms with Crippen molar-refractivity contribution in [2.45, 2.75) is 53.1 Å². The number of hydrogen-bond acceptors (Lipinski definition) is 3. The van der Waals surface area contributed by atoms with Gasteiger partial charge in [-0.25, -0.2) is 0 Å². The van der Waals surface area contributed by atoms with Crippen LogP contribution in [-0.4, -0.2) is 24.7 Å². The van der Waals surface area contributed by atoms with E-state index in [1.165, 1.54) is 0 Å². The number of aryl methyl sites for hydroxylation is 1. The molecule has 1 amide bonds. The van der Waals surface area contributed by atoms with Crippen LogP contribution in [0.15, 0.2) is 18.2 Å². The molecule has 0 aliphatic heterocycles. The largest absolute Gasteiger partial charge is 0.493 e. The molecule has 4 heteroatoms. The van der Waals surface area contributed by atoms with Gasteiger partial charge in [-0.2, -0.15) is 0 Å². The average molecular weight is 319 g/mol. The van der Waals surface area contributed by atoms with Gasteiger partial charge in [-0.15, -0.1) is 0 Å². The average Bonchev–Trinajstić information content (AvgIpc) is 3.31. The first-order chi connectivity index (χ1) is 10.9. The molecule has 1 aromatic rings. The van der Waals surface area contributed by atoms with Crippen molar-refractivity contribution in [3.05, 3.63) is 23.8 Å². The Labute approximate surface area is 139 Å². The number of benzene rings is 1. The van der Waals surface area contributed by atoms with Gasteiger partial charge >= 0.3 is 0 Å². The van der Waals surface area contributed by atoms with Crippen LogP contribution in [0.4, 0.5) is 5.69 Å². The molecule has 0 spiro atoms. The summed E-state index contributed by atoms with van der Waals surface area (Å²) in [6.07, 6.45) is 2.12. The van der Waals surface area contributed by atoms with Gasteiger partial charge in [0.25, 0.3) is 5.91 Å². The van der Waals surface area contributed by atoms with Crippen LogP contribution in [0, 0.1) is 18.8 Å². The first-order valence-corrected chi connectivity index (χ1v) is 8.55. The summed E-state index contributed by atoms with van der Waals surface area (Å²) in [6, 6.07) is 5.76. The summed E-state index contributed by atoms with van der Waals surface area (Å²) in [5.74, 6) is 1.62. The molecule has 1 aliphatic carbocycles. The van der Waals surface area contributed by atoms with E-state index in [1.807, 2.05) is 39.0 Å². The second-order valence-electron chi connectivity index (χ2n) is 6.95. The van der Waals surface area contributed by atoms with Crippen LogP contribution in [0.5, 0.6) is 5.75 Å². The summed E-state index contributed by atoms with van der Waals surface area (Å²) in [5.41, 5.74) is 1.08. The Hall–Kier alpha value is -1.55. The van der Waals surface area contributed by atoms with Crippen LogP contribution in [0.2, 0.25) is 0 Å². The number of amides is 1. The highest BCUT2D eigenvalue weighted by Gasteiger charge is 2.48. The predicted octanol–water partition coefficient (Wildman–Crippen LogP) is 4.17. The Bertz CT molecular complexity index is 552. The molecule has 0 bridgehead atoms. The lowest BCUT2D eigenvalue weighted by Gasteiger charge is -2.28. The van der Waals surface area contributed by atoms with E-state index in [4.69, 9.17) is 9.47 Å². The van der Waals surface area contributed by atoms with E-state index < -0.39 is 5.60 Å². The molecular weight excluding hydrogens is 290 g/mol. The fourth-order valence-electron chi connectivity index (χ4n) is 2.70. The summed E-state index contributed by atoms with van der Waals surface area (Å²) >= 11 is 0. The highest BCUT2D eigenvalue weighted by Crippen LogP contribution is 2.42. The fourth-order valence-corrected chi connectivity index (χ4v) is 2.70. The molecule has 1 aromatic carbocycles. The van der Waals surface area contributed by atoms with Crippen molar-refractivity contribution in [2.75, 3.05) is 18.5 Å². The first kappa shape index (κ1) is 17.8. The Morgan fingerprint density at radius 2 is 2.09 bits per heavy atom. The SMILES string of the molecule is CCOC(C)(C(=O)Nc1ccc(OCC(C)C)c(C)c1)C1CC1. The molecule has 0 aromatic heterocycles. The smallest absolute Gasteiger partial charge is 0.256 e. The molecule has 128 valence electrons. The summed E-state index contributed by atoms with van der Waals surface area (Å²) in [4.78, 5) is 12.6. The summed E-state index contributed by atoms with van der Waals surface area (Å²) in [5, 5.41) is 3.00. The maximum absolute atomic E-state index is 12.6. The van der Waals surface area contributed by atoms with E-state index in [-0.39, 0.29) is 5.91 Å². The predicted molar refractivity (Wildman–Crippen MR) is 92.9 cm³/mol. The standard InChI is InChI=1S/C19H29NO3/c1-6-23-19(5,15-7-8-15)18(21)20-16-9-10-17(14(4)11-16)22-12-13(2)3/h9-11,13,15H,6-8,12H2,1-5H3,(H,20,21). The number of hydrogen-bond donors (Lipinski definition) is 1. The van der Waals surface area contributed by atoms with Gasteiger partial charge in [-0.05, 0) is 69.2 Å². The molecule has 1 atom stereocenters. The Morgan fingerprint density at radius 1 is 1.39 bits per heavy atom. The van der Waals surface area contributed by atoms with E-state index in [0.29, 0.717) is 25.0 Å². The monoisotopic (exact) mass is 319 g/mol. The molecule has 1 N–H and O–H groups in total. The van der Waals surface area contributed by atoms with Crippen LogP contribution in [0.25, 0.3) is 0 Å². The van der Waals surface area contributed by atoms with Crippen molar-refractivity contribution in [3.8, 4) is 5.75 Å². The van der Waals surface area contributed by atoms with Gasteiger partial charge < -0.3 is 14.8 Å². The molecule has 4 nitrogen and oxygen atoms in total. The van der Waals surface area contributed by atoms with Gasteiger partial charge in [0, 0.05) is 12.3 Å². The minimum Gasteiger partial charge on any atom is -0.493 e. The van der Waals surface area contributed by atoms with Crippen molar-refractivity contribution < 1.29 is 14.3 Å². The lowest BCUT2D eigenvalue weighted by atomic mass is 9.98. The molecule has 0 radical (unpaired) electrons. The van der Waals surface area contributed by atoms with Gasteiger partial charge in [-0.1, -0.05) is 13.8 Å². The van der Waals surface area contributed by atoms with Gasteiger partial charge in [0.2, 0.25) is 0 Å². The van der Waals surface area contributed by atoms with Crippen LogP contribution in [0.1, 0.15) is 46.1 Å². The lowest BCUT2D eigenvalue weighted by Crippen LogP contribution is -2.44. The Morgan fingerprint density at radius 3 is 2.61 bits per heavy atom. The van der Waals surface area contributed by atoms with Crippen molar-refractivity contribution in [1.82, 2.24) is 0 Å². The molecule has 1 fully saturated rings. The van der Waals surface area contributed by atoms with E-state index in [9.17, 15) is 4.79 Å². The number of carbonyl (C=O) groups is 1. The lowest BCUT2D eigenvalue weighted by molar-refractivity contribution is -0.141. The quantitative estimate of drug-likeness (QED) is 0.782. The molecule has 1 saturated carbocycles. The number of nitrogens with one attached hydrogen (secondary N) is 1. The second kappa shape index (κ2) is 7.35. The third kappa shape index (κ3) is 4.47. The highest BCUT2D eigenvalue weighted by atomic mass is 16.5. The minimum absolute atomic E-state index is 0.0582. The second-order valence-corrected chi connectivity index (χ2v) is 6.95. The van der Waals surface area contributed by atoms with Gasteiger partial charge in [0.15, 0.2) is 0 Å². The van der Waals surface area contributed by atoms with Crippen LogP contribution < -0.4 is 10.1 Å². The number of rotatable bonds is 8. The molecule has 1 unspecified atom stereocenters. The number of carbonyl (C=O) groups excluding carboxylic acids is 1. The maximum Gasteiger partial charge on any atom is 0.256 e. The highest BCUT2D eigenvalue weighted by molar-refractivity contribution is 5.97. The van der Waals surface area contributed by atoms with E-state index >= 15 is 0 Å². The topological polar surface area (TPSA) is 47.6 Å². The number of anilines is 1. The zero-order valence-corrected chi connectivity index (χ0v) is 14.9. The molecule has 0 saturated heterocycles. The number of ether oxygens (including phenoxy) is 2. The van der Waals surface area contributed by atoms with E-state index in [0.717, 1.165) is 29.8 Å². The molecule has 1 aliphatic rings. The third-order valence-corrected chi connectivity index (χ3v) is 4.26. The Kier molecular flexibility index (Phi) is 5.69. The minimum atomic E-state index is -0.727. The van der Waals surface area contributed by atoms with E-state index in [1.54, 1.807) is 0 Å². The third-order valence-electron chi connectivity index (χ3n) is 4.26. The van der Waals surface area contributed by atoms with Crippen LogP contribution in [0.3, 0.4) is 0 Å². The van der Waals surface area contributed by atoms with Crippen molar-refractivity contribution in [3.63, 3.8) is 0 Å². The van der Waals surface area contributed by atoms with Crippen LogP contribution in [-0.2, 0) is 9.53 Å². The van der Waals surface area contributed by atoms with Crippen molar-refractivity contribution >= 4 is 11.6 Å². The molecule has 2 rings (SSSR count). The zero-order chi connectivity index (χ0) is 17.0. The van der Waals surface area contributed by atoms with Gasteiger partial charge in [0.1, 0.15) is 11.4 Å². The fraction of sp³-hybridized carbons (Fsp3) is 0.632. The maximum atomic E-state index is 12.6. The summed E-state index contributed by atoms with van der Waals surface area (Å²) in [6.45, 7) is 11.3. The molecule has 0 heterocycles. The van der Waals surface area contributed by atoms with Crippen LogP contribution >= 0.6 is 0 Å². The normalized spacial score (nSPS) is 17.0. The first-order valence-electron chi connectivity index (χ1n) is 8.55. The molecular formula is C19H29NO3. The van der Waals surface area contributed by atoms with Gasteiger partial charge in [-0.3, -0.25) is 4.79 Å². The Balaban J connectivity index is 2.04.